The summed E-state index contributed by atoms with van der Waals surface area (Å²) in [6.45, 7) is 3.28. The van der Waals surface area contributed by atoms with Crippen LogP contribution in [0.3, 0.4) is 0 Å². The van der Waals surface area contributed by atoms with Crippen LogP contribution in [0.15, 0.2) is 12.1 Å². The van der Waals surface area contributed by atoms with Crippen LogP contribution in [0, 0.1) is 13.8 Å². The number of rotatable bonds is 3. The van der Waals surface area contributed by atoms with Crippen molar-refractivity contribution in [2.75, 3.05) is 0 Å². The van der Waals surface area contributed by atoms with Gasteiger partial charge in [0, 0.05) is 6.07 Å². The van der Waals surface area contributed by atoms with Gasteiger partial charge in [-0.3, -0.25) is 0 Å². The molecule has 0 saturated heterocycles. The molecule has 8 heteroatoms. The van der Waals surface area contributed by atoms with E-state index in [1.807, 2.05) is 0 Å². The van der Waals surface area contributed by atoms with Crippen molar-refractivity contribution in [2.45, 2.75) is 13.8 Å². The highest BCUT2D eigenvalue weighted by Crippen LogP contribution is 2.37. The average Bonchev–Trinajstić information content (AvgIpc) is 2.40. The third kappa shape index (κ3) is 3.20. The minimum atomic E-state index is -1.17. The van der Waals surface area contributed by atoms with Gasteiger partial charge in [-0.15, -0.1) is 5.10 Å². The molecular weight excluding hydrogens is 339 g/mol. The molecule has 1 aromatic carbocycles. The predicted molar refractivity (Wildman–Crippen MR) is 80.0 cm³/mol. The molecule has 0 fully saturated rings. The number of aromatic nitrogens is 2. The highest BCUT2D eigenvalue weighted by atomic mass is 35.5. The van der Waals surface area contributed by atoms with Crippen molar-refractivity contribution in [2.24, 2.45) is 0 Å². The number of hydrogen-bond acceptors (Lipinski definition) is 4. The van der Waals surface area contributed by atoms with Gasteiger partial charge < -0.3 is 9.84 Å². The van der Waals surface area contributed by atoms with Crippen LogP contribution in [-0.4, -0.2) is 21.3 Å². The zero-order chi connectivity index (χ0) is 15.7. The normalized spacial score (nSPS) is 10.5. The largest absolute Gasteiger partial charge is 0.477 e. The molecule has 0 spiro atoms. The van der Waals surface area contributed by atoms with Crippen LogP contribution in [0.4, 0.5) is 0 Å². The van der Waals surface area contributed by atoms with Crippen LogP contribution < -0.4 is 4.74 Å². The molecule has 110 valence electrons. The van der Waals surface area contributed by atoms with E-state index in [9.17, 15) is 9.90 Å². The monoisotopic (exact) mass is 346 g/mol. The SMILES string of the molecule is Cc1nnc(Oc2cc(Cl)c(Cl)cc2Cl)c(C(=O)O)c1C. The Kier molecular flexibility index (Phi) is 4.56. The van der Waals surface area contributed by atoms with Gasteiger partial charge in [-0.1, -0.05) is 34.8 Å². The number of ether oxygens (including phenoxy) is 1. The molecular formula is C13H9Cl3N2O3. The molecule has 1 heterocycles. The van der Waals surface area contributed by atoms with Gasteiger partial charge in [-0.05, 0) is 25.5 Å². The quantitative estimate of drug-likeness (QED) is 0.825. The molecule has 0 radical (unpaired) electrons. The molecule has 2 rings (SSSR count). The summed E-state index contributed by atoms with van der Waals surface area (Å²) in [5.41, 5.74) is 0.883. The predicted octanol–water partition coefficient (Wildman–Crippen LogP) is 4.54. The summed E-state index contributed by atoms with van der Waals surface area (Å²) >= 11 is 17.7. The number of aryl methyl sites for hydroxylation is 1. The summed E-state index contributed by atoms with van der Waals surface area (Å²) < 4.78 is 5.44. The molecule has 0 aliphatic heterocycles. The first kappa shape index (κ1) is 15.8. The van der Waals surface area contributed by atoms with E-state index in [4.69, 9.17) is 39.5 Å². The lowest BCUT2D eigenvalue weighted by Gasteiger charge is -2.12. The second kappa shape index (κ2) is 6.05. The molecule has 2 aromatic rings. The zero-order valence-corrected chi connectivity index (χ0v) is 13.2. The van der Waals surface area contributed by atoms with Gasteiger partial charge in [-0.2, -0.15) is 5.10 Å². The van der Waals surface area contributed by atoms with Crippen molar-refractivity contribution in [3.05, 3.63) is 44.0 Å². The van der Waals surface area contributed by atoms with Gasteiger partial charge in [0.05, 0.1) is 20.8 Å². The lowest BCUT2D eigenvalue weighted by molar-refractivity contribution is 0.0692. The number of hydrogen-bond donors (Lipinski definition) is 1. The van der Waals surface area contributed by atoms with Gasteiger partial charge in [-0.25, -0.2) is 4.79 Å². The fourth-order valence-corrected chi connectivity index (χ4v) is 2.17. The van der Waals surface area contributed by atoms with Gasteiger partial charge >= 0.3 is 5.97 Å². The zero-order valence-electron chi connectivity index (χ0n) is 10.9. The van der Waals surface area contributed by atoms with Crippen LogP contribution >= 0.6 is 34.8 Å². The van der Waals surface area contributed by atoms with E-state index in [1.165, 1.54) is 12.1 Å². The molecule has 0 atom stereocenters. The minimum Gasteiger partial charge on any atom is -0.477 e. The molecule has 0 amide bonds. The standard InChI is InChI=1S/C13H9Cl3N2O3/c1-5-6(2)17-18-12(11(5)13(19)20)21-10-4-8(15)7(14)3-9(10)16/h3-4H,1-2H3,(H,19,20). The van der Waals surface area contributed by atoms with Gasteiger partial charge in [0.25, 0.3) is 5.88 Å². The number of nitrogens with zero attached hydrogens (tertiary/aromatic N) is 2. The Morgan fingerprint density at radius 3 is 2.33 bits per heavy atom. The second-order valence-electron chi connectivity index (χ2n) is 4.19. The summed E-state index contributed by atoms with van der Waals surface area (Å²) in [5.74, 6) is -1.19. The third-order valence-electron chi connectivity index (χ3n) is 2.82. The lowest BCUT2D eigenvalue weighted by Crippen LogP contribution is -2.08. The Bertz CT molecular complexity index is 735. The maximum Gasteiger partial charge on any atom is 0.341 e. The van der Waals surface area contributed by atoms with Crippen LogP contribution in [0.2, 0.25) is 15.1 Å². The summed E-state index contributed by atoms with van der Waals surface area (Å²) in [6, 6.07) is 2.78. The maximum absolute atomic E-state index is 11.4. The number of carboxylic acid groups (broad SMARTS) is 1. The first-order valence-corrected chi connectivity index (χ1v) is 6.84. The van der Waals surface area contributed by atoms with Crippen molar-refractivity contribution in [3.63, 3.8) is 0 Å². The number of carbonyl (C=O) groups is 1. The van der Waals surface area contributed by atoms with Crippen molar-refractivity contribution >= 4 is 40.8 Å². The average molecular weight is 348 g/mol. The minimum absolute atomic E-state index is 0.0790. The van der Waals surface area contributed by atoms with E-state index in [-0.39, 0.29) is 32.3 Å². The first-order chi connectivity index (χ1) is 9.81. The Morgan fingerprint density at radius 1 is 1.10 bits per heavy atom. The van der Waals surface area contributed by atoms with E-state index in [0.29, 0.717) is 11.3 Å². The number of aromatic carboxylic acids is 1. The van der Waals surface area contributed by atoms with Crippen molar-refractivity contribution in [1.29, 1.82) is 0 Å². The number of benzene rings is 1. The van der Waals surface area contributed by atoms with Crippen molar-refractivity contribution < 1.29 is 14.6 Å². The fourth-order valence-electron chi connectivity index (χ4n) is 1.60. The summed E-state index contributed by atoms with van der Waals surface area (Å²) in [4.78, 5) is 11.4. The molecule has 0 aliphatic rings. The van der Waals surface area contributed by atoms with Crippen LogP contribution in [0.5, 0.6) is 11.6 Å². The topological polar surface area (TPSA) is 72.3 Å². The molecule has 0 saturated carbocycles. The van der Waals surface area contributed by atoms with E-state index in [2.05, 4.69) is 10.2 Å². The molecule has 5 nitrogen and oxygen atoms in total. The molecule has 0 unspecified atom stereocenters. The van der Waals surface area contributed by atoms with Gasteiger partial charge in [0.15, 0.2) is 0 Å². The van der Waals surface area contributed by atoms with Gasteiger partial charge in [0.2, 0.25) is 0 Å². The van der Waals surface area contributed by atoms with E-state index in [1.54, 1.807) is 13.8 Å². The Hall–Kier alpha value is -1.56. The van der Waals surface area contributed by atoms with Crippen LogP contribution in [-0.2, 0) is 0 Å². The number of carboxylic acids is 1. The van der Waals surface area contributed by atoms with Gasteiger partial charge in [0.1, 0.15) is 11.3 Å². The summed E-state index contributed by atoms with van der Waals surface area (Å²) in [6.07, 6.45) is 0. The first-order valence-electron chi connectivity index (χ1n) is 5.70. The van der Waals surface area contributed by atoms with Crippen molar-refractivity contribution in [3.8, 4) is 11.6 Å². The third-order valence-corrected chi connectivity index (χ3v) is 3.84. The molecule has 1 N–H and O–H groups in total. The fraction of sp³-hybridized carbons (Fsp3) is 0.154. The second-order valence-corrected chi connectivity index (χ2v) is 5.42. The molecule has 0 bridgehead atoms. The Morgan fingerprint density at radius 2 is 1.71 bits per heavy atom. The molecule has 1 aromatic heterocycles. The number of halogens is 3. The maximum atomic E-state index is 11.4. The highest BCUT2D eigenvalue weighted by molar-refractivity contribution is 6.43. The van der Waals surface area contributed by atoms with E-state index < -0.39 is 5.97 Å². The summed E-state index contributed by atoms with van der Waals surface area (Å²) in [7, 11) is 0. The Labute approximate surface area is 135 Å². The molecule has 0 aliphatic carbocycles. The lowest BCUT2D eigenvalue weighted by atomic mass is 10.1. The molecule has 21 heavy (non-hydrogen) atoms. The van der Waals surface area contributed by atoms with Crippen LogP contribution in [0.1, 0.15) is 21.6 Å². The van der Waals surface area contributed by atoms with Crippen molar-refractivity contribution in [1.82, 2.24) is 10.2 Å². The summed E-state index contributed by atoms with van der Waals surface area (Å²) in [5, 5.41) is 17.6. The van der Waals surface area contributed by atoms with E-state index in [0.717, 1.165) is 0 Å². The highest BCUT2D eigenvalue weighted by Gasteiger charge is 2.20. The Balaban J connectivity index is 2.52. The smallest absolute Gasteiger partial charge is 0.341 e. The van der Waals surface area contributed by atoms with E-state index >= 15 is 0 Å². The van der Waals surface area contributed by atoms with Crippen LogP contribution in [0.25, 0.3) is 0 Å².